The molecule has 0 atom stereocenters. The third kappa shape index (κ3) is 4.97. The van der Waals surface area contributed by atoms with Gasteiger partial charge in [0, 0.05) is 12.5 Å². The molecular formula is C17H20F3NO3. The number of hydrogen-bond acceptors (Lipinski definition) is 2. The maximum Gasteiger partial charge on any atom is 0.391 e. The van der Waals surface area contributed by atoms with Crippen molar-refractivity contribution in [1.82, 2.24) is 5.32 Å². The predicted octanol–water partition coefficient (Wildman–Crippen LogP) is 3.55. The molecule has 0 aliphatic heterocycles. The van der Waals surface area contributed by atoms with Crippen LogP contribution in [0.5, 0.6) is 0 Å². The second-order valence-corrected chi connectivity index (χ2v) is 6.12. The van der Waals surface area contributed by atoms with E-state index in [1.54, 1.807) is 18.2 Å². The largest absolute Gasteiger partial charge is 0.478 e. The van der Waals surface area contributed by atoms with Gasteiger partial charge in [0.2, 0.25) is 5.91 Å². The van der Waals surface area contributed by atoms with Crippen molar-refractivity contribution in [3.8, 4) is 0 Å². The highest BCUT2D eigenvalue weighted by Gasteiger charge is 2.41. The van der Waals surface area contributed by atoms with Crippen LogP contribution in [0, 0.1) is 5.92 Å². The summed E-state index contributed by atoms with van der Waals surface area (Å²) in [6.07, 6.45) is -3.04. The molecule has 132 valence electrons. The van der Waals surface area contributed by atoms with Gasteiger partial charge >= 0.3 is 12.1 Å². The van der Waals surface area contributed by atoms with Crippen LogP contribution in [0.2, 0.25) is 0 Å². The summed E-state index contributed by atoms with van der Waals surface area (Å²) < 4.78 is 37.8. The van der Waals surface area contributed by atoms with E-state index in [0.29, 0.717) is 18.4 Å². The molecule has 0 saturated heterocycles. The number of alkyl halides is 3. The van der Waals surface area contributed by atoms with Crippen LogP contribution < -0.4 is 5.32 Å². The summed E-state index contributed by atoms with van der Waals surface area (Å²) in [5.41, 5.74) is 0.733. The minimum absolute atomic E-state index is 0.0380. The molecule has 24 heavy (non-hydrogen) atoms. The number of hydrogen-bond donors (Lipinski definition) is 2. The van der Waals surface area contributed by atoms with Crippen LogP contribution in [-0.4, -0.2) is 29.2 Å². The minimum atomic E-state index is -4.16. The number of amides is 1. The van der Waals surface area contributed by atoms with Gasteiger partial charge in [-0.15, -0.1) is 0 Å². The van der Waals surface area contributed by atoms with E-state index in [9.17, 15) is 22.8 Å². The maximum atomic E-state index is 12.6. The fraction of sp³-hybridized carbons (Fsp3) is 0.529. The molecule has 7 heteroatoms. The zero-order chi connectivity index (χ0) is 17.7. The summed E-state index contributed by atoms with van der Waals surface area (Å²) in [5, 5.41) is 11.8. The summed E-state index contributed by atoms with van der Waals surface area (Å²) in [5.74, 6) is -2.57. The maximum absolute atomic E-state index is 12.6. The SMILES string of the molecule is O=C(CCc1ccccc1C(=O)O)NC1CCC(C(F)(F)F)CC1. The van der Waals surface area contributed by atoms with Crippen molar-refractivity contribution >= 4 is 11.9 Å². The Hall–Kier alpha value is -2.05. The van der Waals surface area contributed by atoms with Gasteiger partial charge in [-0.25, -0.2) is 4.79 Å². The molecule has 1 aromatic carbocycles. The number of rotatable bonds is 5. The van der Waals surface area contributed by atoms with E-state index in [1.807, 2.05) is 0 Å². The van der Waals surface area contributed by atoms with Gasteiger partial charge in [0.05, 0.1) is 11.5 Å². The van der Waals surface area contributed by atoms with Crippen LogP contribution in [0.3, 0.4) is 0 Å². The second-order valence-electron chi connectivity index (χ2n) is 6.12. The first kappa shape index (κ1) is 18.3. The van der Waals surface area contributed by atoms with Gasteiger partial charge in [-0.2, -0.15) is 13.2 Å². The molecule has 0 radical (unpaired) electrons. The van der Waals surface area contributed by atoms with Crippen LogP contribution in [0.1, 0.15) is 48.0 Å². The first-order valence-corrected chi connectivity index (χ1v) is 7.94. The summed E-state index contributed by atoms with van der Waals surface area (Å²) in [7, 11) is 0. The van der Waals surface area contributed by atoms with Crippen molar-refractivity contribution in [1.29, 1.82) is 0 Å². The quantitative estimate of drug-likeness (QED) is 0.859. The smallest absolute Gasteiger partial charge is 0.391 e. The fourth-order valence-corrected chi connectivity index (χ4v) is 3.06. The van der Waals surface area contributed by atoms with E-state index in [4.69, 9.17) is 5.11 Å². The number of carbonyl (C=O) groups excluding carboxylic acids is 1. The van der Waals surface area contributed by atoms with Crippen LogP contribution >= 0.6 is 0 Å². The Morgan fingerprint density at radius 2 is 1.75 bits per heavy atom. The van der Waals surface area contributed by atoms with E-state index in [0.717, 1.165) is 0 Å². The number of benzene rings is 1. The highest BCUT2D eigenvalue weighted by Crippen LogP contribution is 2.37. The Labute approximate surface area is 138 Å². The minimum Gasteiger partial charge on any atom is -0.478 e. The number of carbonyl (C=O) groups is 2. The van der Waals surface area contributed by atoms with Crippen LogP contribution in [0.4, 0.5) is 13.2 Å². The van der Waals surface area contributed by atoms with Crippen LogP contribution in [0.25, 0.3) is 0 Å². The molecule has 1 fully saturated rings. The van der Waals surface area contributed by atoms with Gasteiger partial charge < -0.3 is 10.4 Å². The van der Waals surface area contributed by atoms with E-state index in [2.05, 4.69) is 5.32 Å². The highest BCUT2D eigenvalue weighted by atomic mass is 19.4. The molecule has 0 heterocycles. The second kappa shape index (κ2) is 7.68. The molecule has 1 aliphatic rings. The van der Waals surface area contributed by atoms with Gasteiger partial charge in [-0.05, 0) is 43.7 Å². The van der Waals surface area contributed by atoms with Gasteiger partial charge in [-0.3, -0.25) is 4.79 Å². The molecule has 1 saturated carbocycles. The molecule has 2 N–H and O–H groups in total. The normalized spacial score (nSPS) is 21.3. The molecule has 0 unspecified atom stereocenters. The lowest BCUT2D eigenvalue weighted by atomic mass is 9.85. The number of aryl methyl sites for hydroxylation is 1. The lowest BCUT2D eigenvalue weighted by Crippen LogP contribution is -2.40. The van der Waals surface area contributed by atoms with Crippen LogP contribution in [-0.2, 0) is 11.2 Å². The average molecular weight is 343 g/mol. The Balaban J connectivity index is 1.80. The predicted molar refractivity (Wildman–Crippen MR) is 81.7 cm³/mol. The molecule has 1 aliphatic carbocycles. The summed E-state index contributed by atoms with van der Waals surface area (Å²) in [6, 6.07) is 6.23. The molecule has 4 nitrogen and oxygen atoms in total. The van der Waals surface area contributed by atoms with Crippen molar-refractivity contribution in [3.63, 3.8) is 0 Å². The molecule has 1 amide bonds. The molecule has 0 aromatic heterocycles. The van der Waals surface area contributed by atoms with Crippen molar-refractivity contribution in [2.75, 3.05) is 0 Å². The number of halogens is 3. The molecule has 2 rings (SSSR count). The van der Waals surface area contributed by atoms with E-state index in [-0.39, 0.29) is 43.2 Å². The standard InChI is InChI=1S/C17H20F3NO3/c18-17(19,20)12-6-8-13(9-7-12)21-15(22)10-5-11-3-1-2-4-14(11)16(23)24/h1-4,12-13H,5-10H2,(H,21,22)(H,23,24). The van der Waals surface area contributed by atoms with E-state index >= 15 is 0 Å². The number of aromatic carboxylic acids is 1. The highest BCUT2D eigenvalue weighted by molar-refractivity contribution is 5.89. The lowest BCUT2D eigenvalue weighted by Gasteiger charge is -2.30. The monoisotopic (exact) mass is 343 g/mol. The lowest BCUT2D eigenvalue weighted by molar-refractivity contribution is -0.182. The average Bonchev–Trinajstić information content (AvgIpc) is 2.53. The van der Waals surface area contributed by atoms with Gasteiger partial charge in [0.25, 0.3) is 0 Å². The van der Waals surface area contributed by atoms with Gasteiger partial charge in [-0.1, -0.05) is 18.2 Å². The first-order valence-electron chi connectivity index (χ1n) is 7.94. The van der Waals surface area contributed by atoms with Gasteiger partial charge in [0.1, 0.15) is 0 Å². The molecule has 1 aromatic rings. The Morgan fingerprint density at radius 3 is 2.33 bits per heavy atom. The Kier molecular flexibility index (Phi) is 5.85. The van der Waals surface area contributed by atoms with Crippen molar-refractivity contribution < 1.29 is 27.9 Å². The van der Waals surface area contributed by atoms with Crippen molar-refractivity contribution in [2.45, 2.75) is 50.7 Å². The van der Waals surface area contributed by atoms with E-state index < -0.39 is 18.1 Å². The third-order valence-electron chi connectivity index (χ3n) is 4.42. The van der Waals surface area contributed by atoms with E-state index in [1.165, 1.54) is 6.07 Å². The van der Waals surface area contributed by atoms with Crippen molar-refractivity contribution in [2.24, 2.45) is 5.92 Å². The number of carboxylic acid groups (broad SMARTS) is 1. The molecule has 0 spiro atoms. The van der Waals surface area contributed by atoms with Gasteiger partial charge in [0.15, 0.2) is 0 Å². The first-order chi connectivity index (χ1) is 11.3. The number of nitrogens with one attached hydrogen (secondary N) is 1. The summed E-state index contributed by atoms with van der Waals surface area (Å²) >= 11 is 0. The Bertz CT molecular complexity index is 593. The molecular weight excluding hydrogens is 323 g/mol. The zero-order valence-electron chi connectivity index (χ0n) is 13.1. The number of carboxylic acids is 1. The Morgan fingerprint density at radius 1 is 1.12 bits per heavy atom. The zero-order valence-corrected chi connectivity index (χ0v) is 13.1. The summed E-state index contributed by atoms with van der Waals surface area (Å²) in [6.45, 7) is 0. The van der Waals surface area contributed by atoms with Crippen molar-refractivity contribution in [3.05, 3.63) is 35.4 Å². The van der Waals surface area contributed by atoms with Crippen LogP contribution in [0.15, 0.2) is 24.3 Å². The summed E-state index contributed by atoms with van der Waals surface area (Å²) in [4.78, 5) is 23.1. The fourth-order valence-electron chi connectivity index (χ4n) is 3.06. The topological polar surface area (TPSA) is 66.4 Å². The molecule has 0 bridgehead atoms. The third-order valence-corrected chi connectivity index (χ3v) is 4.42.